The molecule has 0 aromatic heterocycles. The summed E-state index contributed by atoms with van der Waals surface area (Å²) in [7, 11) is 1.57. The number of nitrogens with one attached hydrogen (secondary N) is 1. The first kappa shape index (κ1) is 22.9. The van der Waals surface area contributed by atoms with E-state index in [1.165, 1.54) is 0 Å². The van der Waals surface area contributed by atoms with Gasteiger partial charge in [-0.3, -0.25) is 4.79 Å². The molecule has 0 saturated heterocycles. The molecule has 0 fully saturated rings. The molecule has 7 nitrogen and oxygen atoms in total. The molecule has 0 aliphatic carbocycles. The maximum Gasteiger partial charge on any atom is 0.339 e. The largest absolute Gasteiger partial charge is 0.496 e. The van der Waals surface area contributed by atoms with Gasteiger partial charge in [0.1, 0.15) is 5.75 Å². The fraction of sp³-hybridized carbons (Fsp3) is 0.185. The molecular formula is C27H25NO6. The minimum atomic E-state index is -0.994. The minimum absolute atomic E-state index is 0.185. The number of para-hydroxylation sites is 1. The molecule has 174 valence electrons. The smallest absolute Gasteiger partial charge is 0.339 e. The van der Waals surface area contributed by atoms with Gasteiger partial charge in [-0.15, -0.1) is 0 Å². The molecule has 4 rings (SSSR count). The summed E-state index contributed by atoms with van der Waals surface area (Å²) in [5, 5.41) is 2.79. The third-order valence-corrected chi connectivity index (χ3v) is 5.30. The molecule has 0 bridgehead atoms. The first-order valence-corrected chi connectivity index (χ1v) is 10.8. The second-order valence-electron chi connectivity index (χ2n) is 7.62. The van der Waals surface area contributed by atoms with Crippen molar-refractivity contribution in [1.29, 1.82) is 0 Å². The Morgan fingerprint density at radius 1 is 1.00 bits per heavy atom. The van der Waals surface area contributed by atoms with Crippen LogP contribution in [0.1, 0.15) is 23.6 Å². The molecule has 1 heterocycles. The number of amides is 1. The lowest BCUT2D eigenvalue weighted by Crippen LogP contribution is -2.35. The van der Waals surface area contributed by atoms with E-state index in [1.54, 1.807) is 26.2 Å². The van der Waals surface area contributed by atoms with Gasteiger partial charge in [0.2, 0.25) is 6.79 Å². The van der Waals surface area contributed by atoms with Crippen LogP contribution in [0.15, 0.2) is 72.8 Å². The van der Waals surface area contributed by atoms with Crippen molar-refractivity contribution in [1.82, 2.24) is 5.32 Å². The van der Waals surface area contributed by atoms with E-state index in [0.29, 0.717) is 28.4 Å². The van der Waals surface area contributed by atoms with E-state index in [1.807, 2.05) is 66.7 Å². The first-order valence-electron chi connectivity index (χ1n) is 10.8. The van der Waals surface area contributed by atoms with Gasteiger partial charge >= 0.3 is 5.97 Å². The number of fused-ring (bicyclic) bond motifs is 1. The quantitative estimate of drug-likeness (QED) is 0.309. The van der Waals surface area contributed by atoms with Gasteiger partial charge in [0, 0.05) is 12.1 Å². The number of carbonyl (C=O) groups excluding carboxylic acids is 2. The van der Waals surface area contributed by atoms with E-state index < -0.39 is 18.0 Å². The predicted molar refractivity (Wildman–Crippen MR) is 127 cm³/mol. The number of carbonyl (C=O) groups is 2. The summed E-state index contributed by atoms with van der Waals surface area (Å²) in [6, 6.07) is 22.0. The van der Waals surface area contributed by atoms with Gasteiger partial charge in [-0.25, -0.2) is 4.79 Å². The van der Waals surface area contributed by atoms with Crippen molar-refractivity contribution >= 4 is 23.5 Å². The Kier molecular flexibility index (Phi) is 7.13. The Balaban J connectivity index is 1.46. The zero-order valence-electron chi connectivity index (χ0n) is 18.9. The average Bonchev–Trinajstić information content (AvgIpc) is 3.34. The van der Waals surface area contributed by atoms with Crippen LogP contribution >= 0.6 is 0 Å². The van der Waals surface area contributed by atoms with E-state index in [9.17, 15) is 9.59 Å². The molecule has 1 atom stereocenters. The molecule has 3 aromatic carbocycles. The maximum atomic E-state index is 13.1. The Morgan fingerprint density at radius 3 is 2.53 bits per heavy atom. The summed E-state index contributed by atoms with van der Waals surface area (Å²) in [6.45, 7) is 1.99. The SMILES string of the molecule is COc1ccccc1/C=C(/C(=O)O[C@@H](C)C(=O)NCc1ccc2c(c1)OCO2)c1ccccc1. The summed E-state index contributed by atoms with van der Waals surface area (Å²) >= 11 is 0. The second kappa shape index (κ2) is 10.6. The van der Waals surface area contributed by atoms with Crippen LogP contribution in [-0.4, -0.2) is 31.9 Å². The standard InChI is InChI=1S/C27H25NO6/c1-18(26(29)28-16-19-12-13-24-25(14-19)33-17-32-24)34-27(30)22(20-8-4-3-5-9-20)15-21-10-6-7-11-23(21)31-2/h3-15,18H,16-17H2,1-2H3,(H,28,29)/b22-15+/t18-/m0/s1. The fourth-order valence-corrected chi connectivity index (χ4v) is 3.48. The Morgan fingerprint density at radius 2 is 1.74 bits per heavy atom. The van der Waals surface area contributed by atoms with Gasteiger partial charge in [-0.05, 0) is 42.3 Å². The number of esters is 1. The van der Waals surface area contributed by atoms with Crippen LogP contribution in [0, 0.1) is 0 Å². The average molecular weight is 459 g/mol. The molecule has 34 heavy (non-hydrogen) atoms. The Labute approximate surface area is 197 Å². The van der Waals surface area contributed by atoms with Gasteiger partial charge in [-0.1, -0.05) is 54.6 Å². The van der Waals surface area contributed by atoms with Crippen LogP contribution in [0.3, 0.4) is 0 Å². The highest BCUT2D eigenvalue weighted by molar-refractivity contribution is 6.22. The number of ether oxygens (including phenoxy) is 4. The normalized spacial score (nSPS) is 13.2. The van der Waals surface area contributed by atoms with Gasteiger partial charge in [0.15, 0.2) is 17.6 Å². The van der Waals surface area contributed by atoms with Crippen LogP contribution in [0.4, 0.5) is 0 Å². The monoisotopic (exact) mass is 459 g/mol. The topological polar surface area (TPSA) is 83.1 Å². The van der Waals surface area contributed by atoms with Crippen LogP contribution in [0.5, 0.6) is 17.2 Å². The number of hydrogen-bond donors (Lipinski definition) is 1. The molecule has 1 aliphatic rings. The number of rotatable bonds is 8. The van der Waals surface area contributed by atoms with Crippen molar-refractivity contribution in [3.05, 3.63) is 89.5 Å². The molecule has 0 radical (unpaired) electrons. The van der Waals surface area contributed by atoms with Crippen LogP contribution in [0.2, 0.25) is 0 Å². The van der Waals surface area contributed by atoms with Crippen molar-refractivity contribution in [3.8, 4) is 17.2 Å². The highest BCUT2D eigenvalue weighted by Gasteiger charge is 2.22. The summed E-state index contributed by atoms with van der Waals surface area (Å²) in [6.07, 6.45) is 0.708. The molecule has 1 aliphatic heterocycles. The van der Waals surface area contributed by atoms with Gasteiger partial charge in [0.05, 0.1) is 12.7 Å². The van der Waals surface area contributed by atoms with Crippen LogP contribution < -0.4 is 19.5 Å². The Hall–Kier alpha value is -4.26. The third-order valence-electron chi connectivity index (χ3n) is 5.30. The predicted octanol–water partition coefficient (Wildman–Crippen LogP) is 4.21. The first-order chi connectivity index (χ1) is 16.5. The lowest BCUT2D eigenvalue weighted by atomic mass is 10.0. The highest BCUT2D eigenvalue weighted by atomic mass is 16.7. The maximum absolute atomic E-state index is 13.1. The van der Waals surface area contributed by atoms with Crippen molar-refractivity contribution < 1.29 is 28.5 Å². The fourth-order valence-electron chi connectivity index (χ4n) is 3.48. The summed E-state index contributed by atoms with van der Waals surface area (Å²) in [5.74, 6) is 0.921. The molecule has 0 spiro atoms. The molecular weight excluding hydrogens is 434 g/mol. The number of hydrogen-bond acceptors (Lipinski definition) is 6. The summed E-state index contributed by atoms with van der Waals surface area (Å²) in [4.78, 5) is 25.7. The zero-order chi connectivity index (χ0) is 23.9. The van der Waals surface area contributed by atoms with E-state index in [4.69, 9.17) is 18.9 Å². The number of methoxy groups -OCH3 is 1. The summed E-state index contributed by atoms with van der Waals surface area (Å²) in [5.41, 5.74) is 2.56. The molecule has 1 N–H and O–H groups in total. The minimum Gasteiger partial charge on any atom is -0.496 e. The summed E-state index contributed by atoms with van der Waals surface area (Å²) < 4.78 is 21.6. The highest BCUT2D eigenvalue weighted by Crippen LogP contribution is 2.32. The van der Waals surface area contributed by atoms with Gasteiger partial charge in [0.25, 0.3) is 5.91 Å². The van der Waals surface area contributed by atoms with Gasteiger partial charge in [-0.2, -0.15) is 0 Å². The molecule has 3 aromatic rings. The van der Waals surface area contributed by atoms with Crippen molar-refractivity contribution in [2.24, 2.45) is 0 Å². The van der Waals surface area contributed by atoms with E-state index in [0.717, 1.165) is 11.1 Å². The van der Waals surface area contributed by atoms with Crippen molar-refractivity contribution in [3.63, 3.8) is 0 Å². The van der Waals surface area contributed by atoms with E-state index in [-0.39, 0.29) is 13.3 Å². The van der Waals surface area contributed by atoms with E-state index in [2.05, 4.69) is 5.32 Å². The Bertz CT molecular complexity index is 1200. The molecule has 0 unspecified atom stereocenters. The second-order valence-corrected chi connectivity index (χ2v) is 7.62. The lowest BCUT2D eigenvalue weighted by molar-refractivity contribution is -0.149. The lowest BCUT2D eigenvalue weighted by Gasteiger charge is -2.16. The molecule has 7 heteroatoms. The van der Waals surface area contributed by atoms with E-state index >= 15 is 0 Å². The molecule has 1 amide bonds. The third kappa shape index (κ3) is 5.38. The van der Waals surface area contributed by atoms with Crippen molar-refractivity contribution in [2.45, 2.75) is 19.6 Å². The number of benzene rings is 3. The zero-order valence-corrected chi connectivity index (χ0v) is 18.9. The van der Waals surface area contributed by atoms with Crippen LogP contribution in [-0.2, 0) is 20.9 Å². The molecule has 0 saturated carbocycles. The van der Waals surface area contributed by atoms with Crippen LogP contribution in [0.25, 0.3) is 11.6 Å². The van der Waals surface area contributed by atoms with Gasteiger partial charge < -0.3 is 24.3 Å². The van der Waals surface area contributed by atoms with Crippen molar-refractivity contribution in [2.75, 3.05) is 13.9 Å².